The van der Waals surface area contributed by atoms with E-state index in [0.29, 0.717) is 10.8 Å². The molecule has 1 nitrogen and oxygen atoms in total. The zero-order valence-electron chi connectivity index (χ0n) is 15.7. The monoisotopic (exact) mass is 394 g/mol. The van der Waals surface area contributed by atoms with E-state index in [-0.39, 0.29) is 6.10 Å². The normalized spacial score (nSPS) is 52.0. The summed E-state index contributed by atoms with van der Waals surface area (Å²) in [5, 5.41) is 11.3. The van der Waals surface area contributed by atoms with Crippen molar-refractivity contribution in [2.45, 2.75) is 78.2 Å². The number of alkyl halides is 1. The molecule has 2 heteroatoms. The maximum absolute atomic E-state index is 10.1. The first-order valence-corrected chi connectivity index (χ1v) is 11.5. The van der Waals surface area contributed by atoms with Gasteiger partial charge in [0.2, 0.25) is 0 Å². The highest BCUT2D eigenvalue weighted by Gasteiger charge is 2.58. The fourth-order valence-electron chi connectivity index (χ4n) is 7.72. The highest BCUT2D eigenvalue weighted by Crippen LogP contribution is 2.67. The molecule has 24 heavy (non-hydrogen) atoms. The van der Waals surface area contributed by atoms with Gasteiger partial charge in [-0.25, -0.2) is 0 Å². The number of halogens is 1. The van der Waals surface area contributed by atoms with Crippen molar-refractivity contribution in [3.8, 4) is 0 Å². The lowest BCUT2D eigenvalue weighted by Crippen LogP contribution is -2.50. The number of aliphatic hydroxyl groups excluding tert-OH is 1. The molecule has 4 aliphatic rings. The molecule has 0 aromatic carbocycles. The Morgan fingerprint density at radius 1 is 1.17 bits per heavy atom. The highest BCUT2D eigenvalue weighted by molar-refractivity contribution is 9.09. The second-order valence-corrected chi connectivity index (χ2v) is 10.7. The maximum Gasteiger partial charge on any atom is 0.0577 e. The first kappa shape index (κ1) is 17.6. The molecule has 1 N–H and O–H groups in total. The van der Waals surface area contributed by atoms with Crippen LogP contribution in [0.3, 0.4) is 0 Å². The van der Waals surface area contributed by atoms with Gasteiger partial charge in [0.1, 0.15) is 0 Å². The third-order valence-electron chi connectivity index (χ3n) is 9.08. The third kappa shape index (κ3) is 2.42. The molecule has 0 aromatic rings. The zero-order valence-corrected chi connectivity index (χ0v) is 17.3. The Bertz CT molecular complexity index is 528. The van der Waals surface area contributed by atoms with Crippen LogP contribution in [-0.4, -0.2) is 16.5 Å². The number of aliphatic hydroxyl groups is 1. The van der Waals surface area contributed by atoms with Gasteiger partial charge in [-0.15, -0.1) is 0 Å². The predicted molar refractivity (Wildman–Crippen MR) is 104 cm³/mol. The highest BCUT2D eigenvalue weighted by atomic mass is 79.9. The first-order chi connectivity index (χ1) is 11.4. The van der Waals surface area contributed by atoms with Gasteiger partial charge in [0, 0.05) is 5.33 Å². The van der Waals surface area contributed by atoms with Crippen LogP contribution in [0.2, 0.25) is 0 Å². The van der Waals surface area contributed by atoms with E-state index < -0.39 is 0 Å². The van der Waals surface area contributed by atoms with E-state index in [1.54, 1.807) is 5.57 Å². The quantitative estimate of drug-likeness (QED) is 0.452. The number of hydrogen-bond donors (Lipinski definition) is 1. The molecule has 0 spiro atoms. The third-order valence-corrected chi connectivity index (χ3v) is 10.1. The van der Waals surface area contributed by atoms with E-state index in [0.717, 1.165) is 47.8 Å². The maximum atomic E-state index is 10.1. The van der Waals surface area contributed by atoms with E-state index in [2.05, 4.69) is 42.8 Å². The van der Waals surface area contributed by atoms with E-state index >= 15 is 0 Å². The minimum absolute atomic E-state index is 0.0784. The zero-order chi connectivity index (χ0) is 17.1. The fourth-order valence-corrected chi connectivity index (χ4v) is 8.18. The van der Waals surface area contributed by atoms with Gasteiger partial charge in [0.25, 0.3) is 0 Å². The molecule has 0 radical (unpaired) electrons. The van der Waals surface area contributed by atoms with Crippen LogP contribution in [0.15, 0.2) is 11.6 Å². The average molecular weight is 395 g/mol. The molecule has 0 saturated heterocycles. The van der Waals surface area contributed by atoms with Crippen molar-refractivity contribution in [2.24, 2.45) is 40.4 Å². The van der Waals surface area contributed by atoms with Crippen molar-refractivity contribution in [1.82, 2.24) is 0 Å². The van der Waals surface area contributed by atoms with Crippen LogP contribution in [-0.2, 0) is 0 Å². The number of fused-ring (bicyclic) bond motifs is 5. The molecule has 0 bridgehead atoms. The molecule has 0 aliphatic heterocycles. The lowest BCUT2D eigenvalue weighted by molar-refractivity contribution is -0.0552. The summed E-state index contributed by atoms with van der Waals surface area (Å²) in [7, 11) is 0. The van der Waals surface area contributed by atoms with Crippen molar-refractivity contribution >= 4 is 15.9 Å². The molecule has 0 amide bonds. The van der Waals surface area contributed by atoms with Crippen molar-refractivity contribution in [3.63, 3.8) is 0 Å². The second-order valence-electron chi connectivity index (χ2n) is 10.0. The van der Waals surface area contributed by atoms with Gasteiger partial charge >= 0.3 is 0 Å². The van der Waals surface area contributed by atoms with Crippen molar-refractivity contribution in [1.29, 1.82) is 0 Å². The van der Waals surface area contributed by atoms with Gasteiger partial charge in [-0.2, -0.15) is 0 Å². The number of allylic oxidation sites excluding steroid dienone is 1. The molecule has 0 heterocycles. The lowest BCUT2D eigenvalue weighted by atomic mass is 9.47. The van der Waals surface area contributed by atoms with E-state index in [9.17, 15) is 5.11 Å². The van der Waals surface area contributed by atoms with Gasteiger partial charge in [-0.05, 0) is 91.8 Å². The summed E-state index contributed by atoms with van der Waals surface area (Å²) in [5.41, 5.74) is 2.57. The van der Waals surface area contributed by atoms with E-state index in [1.165, 1.54) is 38.5 Å². The minimum atomic E-state index is -0.0784. The molecule has 8 atom stereocenters. The molecule has 4 rings (SSSR count). The molecule has 8 unspecified atom stereocenters. The average Bonchev–Trinajstić information content (AvgIpc) is 2.92. The van der Waals surface area contributed by atoms with E-state index in [4.69, 9.17) is 0 Å². The molecule has 136 valence electrons. The molecule has 3 fully saturated rings. The summed E-state index contributed by atoms with van der Waals surface area (Å²) in [5.74, 6) is 4.44. The summed E-state index contributed by atoms with van der Waals surface area (Å²) in [6.07, 6.45) is 12.7. The van der Waals surface area contributed by atoms with Gasteiger partial charge < -0.3 is 5.11 Å². The van der Waals surface area contributed by atoms with Crippen LogP contribution in [0.5, 0.6) is 0 Å². The van der Waals surface area contributed by atoms with Crippen LogP contribution in [0.1, 0.15) is 72.1 Å². The topological polar surface area (TPSA) is 20.2 Å². The summed E-state index contributed by atoms with van der Waals surface area (Å²) in [6, 6.07) is 0. The fraction of sp³-hybridized carbons (Fsp3) is 0.909. The number of hydrogen-bond acceptors (Lipinski definition) is 1. The van der Waals surface area contributed by atoms with Crippen molar-refractivity contribution in [2.75, 3.05) is 5.33 Å². The van der Waals surface area contributed by atoms with E-state index in [1.807, 2.05) is 0 Å². The summed E-state index contributed by atoms with van der Waals surface area (Å²) < 4.78 is 0. The Labute approximate surface area is 156 Å². The lowest BCUT2D eigenvalue weighted by Gasteiger charge is -2.58. The molecule has 0 aromatic heterocycles. The number of rotatable bonds is 2. The van der Waals surface area contributed by atoms with Crippen LogP contribution < -0.4 is 0 Å². The largest absolute Gasteiger partial charge is 0.393 e. The molecular formula is C22H35BrO. The van der Waals surface area contributed by atoms with Gasteiger partial charge in [-0.1, -0.05) is 48.4 Å². The van der Waals surface area contributed by atoms with Crippen LogP contribution >= 0.6 is 15.9 Å². The van der Waals surface area contributed by atoms with Gasteiger partial charge in [0.05, 0.1) is 6.10 Å². The first-order valence-electron chi connectivity index (χ1n) is 10.3. The van der Waals surface area contributed by atoms with Gasteiger partial charge in [-0.3, -0.25) is 0 Å². The SMILES string of the molecule is CC(CBr)C1CCC2C3CC=C4CC(O)CCC4(C)C3CCC12C. The summed E-state index contributed by atoms with van der Waals surface area (Å²) in [6.45, 7) is 7.64. The van der Waals surface area contributed by atoms with Crippen molar-refractivity contribution < 1.29 is 5.11 Å². The standard InChI is InChI=1S/C22H35BrO/c1-14(13-23)18-6-7-19-17-5-4-15-12-16(24)8-10-21(15,2)20(17)9-11-22(18,19)3/h4,14,16-20,24H,5-13H2,1-3H3. The molecule has 3 saturated carbocycles. The van der Waals surface area contributed by atoms with Crippen LogP contribution in [0.4, 0.5) is 0 Å². The Kier molecular flexibility index (Phi) is 4.48. The second kappa shape index (κ2) is 6.12. The van der Waals surface area contributed by atoms with Crippen molar-refractivity contribution in [3.05, 3.63) is 11.6 Å². The van der Waals surface area contributed by atoms with Gasteiger partial charge in [0.15, 0.2) is 0 Å². The summed E-state index contributed by atoms with van der Waals surface area (Å²) >= 11 is 3.76. The minimum Gasteiger partial charge on any atom is -0.393 e. The summed E-state index contributed by atoms with van der Waals surface area (Å²) in [4.78, 5) is 0. The Hall–Kier alpha value is 0.180. The smallest absolute Gasteiger partial charge is 0.0577 e. The molecular weight excluding hydrogens is 360 g/mol. The molecule has 4 aliphatic carbocycles. The predicted octanol–water partition coefficient (Wildman–Crippen LogP) is 5.96. The van der Waals surface area contributed by atoms with Crippen LogP contribution in [0, 0.1) is 40.4 Å². The Balaban J connectivity index is 1.63. The Morgan fingerprint density at radius 3 is 2.71 bits per heavy atom. The van der Waals surface area contributed by atoms with Crippen LogP contribution in [0.25, 0.3) is 0 Å². The Morgan fingerprint density at radius 2 is 1.96 bits per heavy atom.